The number of rotatable bonds is 4. The second kappa shape index (κ2) is 7.13. The number of aromatic nitrogens is 3. The van der Waals surface area contributed by atoms with Crippen molar-refractivity contribution in [2.24, 2.45) is 0 Å². The van der Waals surface area contributed by atoms with E-state index in [0.29, 0.717) is 6.04 Å². The number of hydrogen-bond acceptors (Lipinski definition) is 4. The second-order valence-corrected chi connectivity index (χ2v) is 6.24. The Labute approximate surface area is 146 Å². The molecule has 3 aromatic rings. The van der Waals surface area contributed by atoms with Gasteiger partial charge in [-0.2, -0.15) is 5.10 Å². The zero-order valence-corrected chi connectivity index (χ0v) is 13.8. The predicted molar refractivity (Wildman–Crippen MR) is 93.8 cm³/mol. The van der Waals surface area contributed by atoms with Crippen molar-refractivity contribution >= 4 is 0 Å². The number of nitrogens with zero attached hydrogens (tertiary/aromatic N) is 4. The summed E-state index contributed by atoms with van der Waals surface area (Å²) in [6, 6.07) is 10.8. The first kappa shape index (κ1) is 15.9. The van der Waals surface area contributed by atoms with Crippen molar-refractivity contribution in [3.05, 3.63) is 78.1 Å². The van der Waals surface area contributed by atoms with Crippen molar-refractivity contribution in [1.29, 1.82) is 0 Å². The molecule has 3 heterocycles. The third-order valence-electron chi connectivity index (χ3n) is 4.56. The van der Waals surface area contributed by atoms with Crippen LogP contribution in [0.25, 0.3) is 5.69 Å². The number of halogens is 1. The fourth-order valence-corrected chi connectivity index (χ4v) is 3.26. The Hall–Kier alpha value is -2.57. The first-order valence-electron chi connectivity index (χ1n) is 8.44. The second-order valence-electron chi connectivity index (χ2n) is 6.24. The number of pyridine rings is 1. The lowest BCUT2D eigenvalue weighted by atomic mass is 10.0. The molecule has 0 spiro atoms. The molecule has 6 heteroatoms. The smallest absolute Gasteiger partial charge is 0.123 e. The fourth-order valence-electron chi connectivity index (χ4n) is 3.26. The molecule has 4 rings (SSSR count). The van der Waals surface area contributed by atoms with Gasteiger partial charge < -0.3 is 5.32 Å². The summed E-state index contributed by atoms with van der Waals surface area (Å²) < 4.78 is 14.9. The summed E-state index contributed by atoms with van der Waals surface area (Å²) in [5.41, 5.74) is 3.28. The molecule has 0 amide bonds. The number of benzene rings is 1. The monoisotopic (exact) mass is 337 g/mol. The van der Waals surface area contributed by atoms with Crippen LogP contribution in [0.1, 0.15) is 17.2 Å². The molecule has 0 saturated carbocycles. The van der Waals surface area contributed by atoms with Gasteiger partial charge in [0.1, 0.15) is 5.82 Å². The summed E-state index contributed by atoms with van der Waals surface area (Å²) in [6.45, 7) is 3.72. The van der Waals surface area contributed by atoms with Crippen molar-refractivity contribution in [2.75, 3.05) is 19.6 Å². The summed E-state index contributed by atoms with van der Waals surface area (Å²) in [5.74, 6) is -0.239. The molecule has 1 fully saturated rings. The minimum absolute atomic E-state index is 0.239. The van der Waals surface area contributed by atoms with Gasteiger partial charge in [0, 0.05) is 56.4 Å². The van der Waals surface area contributed by atoms with E-state index >= 15 is 0 Å². The van der Waals surface area contributed by atoms with Crippen molar-refractivity contribution in [3.8, 4) is 5.69 Å². The summed E-state index contributed by atoms with van der Waals surface area (Å²) in [4.78, 5) is 6.57. The molecule has 0 bridgehead atoms. The van der Waals surface area contributed by atoms with Gasteiger partial charge in [0.15, 0.2) is 0 Å². The molecular formula is C19H20FN5. The molecule has 25 heavy (non-hydrogen) atoms. The molecule has 1 N–H and O–H groups in total. The van der Waals surface area contributed by atoms with E-state index < -0.39 is 0 Å². The van der Waals surface area contributed by atoms with Gasteiger partial charge in [-0.3, -0.25) is 9.88 Å². The van der Waals surface area contributed by atoms with Gasteiger partial charge in [-0.1, -0.05) is 0 Å². The zero-order valence-electron chi connectivity index (χ0n) is 13.8. The highest BCUT2D eigenvalue weighted by Gasteiger charge is 2.24. The van der Waals surface area contributed by atoms with E-state index in [-0.39, 0.29) is 5.82 Å². The van der Waals surface area contributed by atoms with Gasteiger partial charge in [-0.05, 0) is 42.0 Å². The van der Waals surface area contributed by atoms with Crippen LogP contribution < -0.4 is 5.32 Å². The van der Waals surface area contributed by atoms with Crippen LogP contribution in [0.3, 0.4) is 0 Å². The average Bonchev–Trinajstić information content (AvgIpc) is 3.12. The molecule has 2 aromatic heterocycles. The minimum Gasteiger partial charge on any atom is -0.314 e. The van der Waals surface area contributed by atoms with Gasteiger partial charge in [-0.15, -0.1) is 0 Å². The average molecular weight is 337 g/mol. The Morgan fingerprint density at radius 1 is 1.12 bits per heavy atom. The molecule has 128 valence electrons. The van der Waals surface area contributed by atoms with E-state index in [1.54, 1.807) is 16.8 Å². The van der Waals surface area contributed by atoms with E-state index in [4.69, 9.17) is 0 Å². The van der Waals surface area contributed by atoms with Gasteiger partial charge in [0.25, 0.3) is 0 Å². The Bertz CT molecular complexity index is 815. The largest absolute Gasteiger partial charge is 0.314 e. The molecule has 5 nitrogen and oxygen atoms in total. The maximum atomic E-state index is 13.1. The molecule has 0 aliphatic carbocycles. The topological polar surface area (TPSA) is 46.0 Å². The van der Waals surface area contributed by atoms with Crippen LogP contribution in [0.2, 0.25) is 0 Å². The first-order chi connectivity index (χ1) is 12.3. The van der Waals surface area contributed by atoms with E-state index in [1.807, 2.05) is 24.8 Å². The standard InChI is InChI=1S/C19H20FN5/c20-17-1-3-18(4-2-17)25-14-15(11-23-25)13-24-10-9-22-12-19(24)16-5-7-21-8-6-16/h1-8,11,14,19,22H,9-10,12-13H2. The normalized spacial score (nSPS) is 18.4. The first-order valence-corrected chi connectivity index (χ1v) is 8.44. The summed E-state index contributed by atoms with van der Waals surface area (Å²) in [6.07, 6.45) is 7.58. The maximum absolute atomic E-state index is 13.1. The molecule has 1 unspecified atom stereocenters. The van der Waals surface area contributed by atoms with Crippen LogP contribution >= 0.6 is 0 Å². The third kappa shape index (κ3) is 3.60. The van der Waals surface area contributed by atoms with Crippen LogP contribution in [-0.2, 0) is 6.54 Å². The van der Waals surface area contributed by atoms with Crippen LogP contribution in [0.4, 0.5) is 4.39 Å². The summed E-state index contributed by atoms with van der Waals surface area (Å²) in [7, 11) is 0. The zero-order chi connectivity index (χ0) is 17.1. The molecular weight excluding hydrogens is 317 g/mol. The SMILES string of the molecule is Fc1ccc(-n2cc(CN3CCNCC3c3ccncc3)cn2)cc1. The van der Waals surface area contributed by atoms with E-state index in [2.05, 4.69) is 32.4 Å². The van der Waals surface area contributed by atoms with Crippen molar-refractivity contribution < 1.29 is 4.39 Å². The van der Waals surface area contributed by atoms with Gasteiger partial charge in [0.2, 0.25) is 0 Å². The van der Waals surface area contributed by atoms with E-state index in [9.17, 15) is 4.39 Å². The van der Waals surface area contributed by atoms with Crippen LogP contribution in [-0.4, -0.2) is 39.3 Å². The fraction of sp³-hybridized carbons (Fsp3) is 0.263. The maximum Gasteiger partial charge on any atom is 0.123 e. The molecule has 1 saturated heterocycles. The lowest BCUT2D eigenvalue weighted by Crippen LogP contribution is -2.45. The summed E-state index contributed by atoms with van der Waals surface area (Å²) >= 11 is 0. The van der Waals surface area contributed by atoms with Crippen LogP contribution in [0, 0.1) is 5.82 Å². The van der Waals surface area contributed by atoms with Gasteiger partial charge >= 0.3 is 0 Å². The Morgan fingerprint density at radius 2 is 1.92 bits per heavy atom. The lowest BCUT2D eigenvalue weighted by molar-refractivity contribution is 0.153. The number of piperazine rings is 1. The Kier molecular flexibility index (Phi) is 4.54. The Morgan fingerprint density at radius 3 is 2.72 bits per heavy atom. The van der Waals surface area contributed by atoms with Crippen LogP contribution in [0.5, 0.6) is 0 Å². The molecule has 1 atom stereocenters. The molecule has 1 aliphatic heterocycles. The lowest BCUT2D eigenvalue weighted by Gasteiger charge is -2.36. The summed E-state index contributed by atoms with van der Waals surface area (Å²) in [5, 5.41) is 7.89. The minimum atomic E-state index is -0.239. The van der Waals surface area contributed by atoms with E-state index in [1.165, 1.54) is 17.7 Å². The van der Waals surface area contributed by atoms with Crippen molar-refractivity contribution in [2.45, 2.75) is 12.6 Å². The number of nitrogens with one attached hydrogen (secondary N) is 1. The highest BCUT2D eigenvalue weighted by molar-refractivity contribution is 5.31. The molecule has 1 aliphatic rings. The quantitative estimate of drug-likeness (QED) is 0.795. The predicted octanol–water partition coefficient (Wildman–Crippen LogP) is 2.55. The van der Waals surface area contributed by atoms with Crippen molar-refractivity contribution in [1.82, 2.24) is 25.0 Å². The van der Waals surface area contributed by atoms with Gasteiger partial charge in [0.05, 0.1) is 11.9 Å². The Balaban J connectivity index is 1.51. The number of hydrogen-bond donors (Lipinski definition) is 1. The highest BCUT2D eigenvalue weighted by Crippen LogP contribution is 2.23. The van der Waals surface area contributed by atoms with Gasteiger partial charge in [-0.25, -0.2) is 9.07 Å². The molecule has 1 aromatic carbocycles. The van der Waals surface area contributed by atoms with Crippen molar-refractivity contribution in [3.63, 3.8) is 0 Å². The molecule has 0 radical (unpaired) electrons. The van der Waals surface area contributed by atoms with E-state index in [0.717, 1.165) is 37.4 Å². The highest BCUT2D eigenvalue weighted by atomic mass is 19.1. The van der Waals surface area contributed by atoms with Crippen LogP contribution in [0.15, 0.2) is 61.2 Å². The third-order valence-corrected chi connectivity index (χ3v) is 4.56.